The highest BCUT2D eigenvalue weighted by Crippen LogP contribution is 2.50. The van der Waals surface area contributed by atoms with E-state index in [4.69, 9.17) is 0 Å². The zero-order valence-corrected chi connectivity index (χ0v) is 35.3. The average molecular weight is 823 g/mol. The van der Waals surface area contributed by atoms with E-state index in [1.165, 1.54) is 0 Å². The van der Waals surface area contributed by atoms with Gasteiger partial charge in [-0.25, -0.2) is 0 Å². The Bertz CT molecular complexity index is 2820. The molecule has 1 N–H and O–H groups in total. The Morgan fingerprint density at radius 1 is 0.219 bits per heavy atom. The highest BCUT2D eigenvalue weighted by molar-refractivity contribution is 5.99. The molecule has 0 aliphatic carbocycles. The van der Waals surface area contributed by atoms with E-state index in [2.05, 4.69) is 287 Å². The van der Waals surface area contributed by atoms with E-state index in [0.29, 0.717) is 0 Å². The molecule has 4 nitrogen and oxygen atoms in total. The number of benzene rings is 10. The second kappa shape index (κ2) is 18.6. The smallest absolute Gasteiger partial charge is 0.0618 e. The molecule has 10 aromatic rings. The first-order chi connectivity index (χ1) is 31.8. The van der Waals surface area contributed by atoms with E-state index in [-0.39, 0.29) is 0 Å². The summed E-state index contributed by atoms with van der Waals surface area (Å²) in [6, 6.07) is 96.9. The minimum atomic E-state index is 0.980. The summed E-state index contributed by atoms with van der Waals surface area (Å²) in [5.41, 5.74) is 15.8. The molecule has 0 fully saturated rings. The zero-order chi connectivity index (χ0) is 42.9. The van der Waals surface area contributed by atoms with Crippen LogP contribution in [-0.4, -0.2) is 0 Å². The molecule has 0 spiro atoms. The summed E-state index contributed by atoms with van der Waals surface area (Å²) in [5.74, 6) is 0. The Morgan fingerprint density at radius 3 is 0.938 bits per heavy atom. The van der Waals surface area contributed by atoms with E-state index >= 15 is 0 Å². The fourth-order valence-corrected chi connectivity index (χ4v) is 8.47. The van der Waals surface area contributed by atoms with Crippen LogP contribution in [0.5, 0.6) is 0 Å². The molecule has 0 amide bonds. The first-order valence-electron chi connectivity index (χ1n) is 21.7. The van der Waals surface area contributed by atoms with Gasteiger partial charge in [0.05, 0.1) is 22.7 Å². The molecule has 10 rings (SSSR count). The Labute approximate surface area is 376 Å². The van der Waals surface area contributed by atoms with Gasteiger partial charge in [0.1, 0.15) is 0 Å². The number of para-hydroxylation sites is 6. The van der Waals surface area contributed by atoms with E-state index in [9.17, 15) is 0 Å². The molecule has 0 radical (unpaired) electrons. The number of nitrogens with one attached hydrogen (secondary N) is 1. The number of rotatable bonds is 13. The second-order valence-corrected chi connectivity index (χ2v) is 15.5. The van der Waals surface area contributed by atoms with Crippen molar-refractivity contribution in [3.8, 4) is 22.3 Å². The Morgan fingerprint density at radius 2 is 0.531 bits per heavy atom. The van der Waals surface area contributed by atoms with E-state index < -0.39 is 0 Å². The van der Waals surface area contributed by atoms with Gasteiger partial charge >= 0.3 is 0 Å². The quantitative estimate of drug-likeness (QED) is 0.125. The topological polar surface area (TPSA) is 21.8 Å². The fourth-order valence-electron chi connectivity index (χ4n) is 8.47. The number of hydrogen-bond acceptors (Lipinski definition) is 4. The van der Waals surface area contributed by atoms with Gasteiger partial charge in [0, 0.05) is 50.9 Å². The maximum absolute atomic E-state index is 3.70. The van der Waals surface area contributed by atoms with Gasteiger partial charge in [-0.2, -0.15) is 0 Å². The van der Waals surface area contributed by atoms with Gasteiger partial charge in [-0.3, -0.25) is 0 Å². The molecular weight excluding hydrogens is 777 g/mol. The van der Waals surface area contributed by atoms with Crippen LogP contribution in [0.2, 0.25) is 0 Å². The van der Waals surface area contributed by atoms with Crippen LogP contribution < -0.4 is 20.0 Å². The normalized spacial score (nSPS) is 10.8. The lowest BCUT2D eigenvalue weighted by atomic mass is 9.94. The standard InChI is InChI=1S/C60H46N4/c1-8-24-46(25-9-1)58-40-23-41-59(47-26-10-2-11-27-47)60(58)64(54-39-22-30-49(42-54)61-48-28-12-3-13-29-48)57-44-55(62(50-31-14-4-15-32-50)51-33-16-5-17-34-51)43-56(45-57)63(52-35-18-6-19-36-52)53-37-20-7-21-38-53/h1-45,61H. The highest BCUT2D eigenvalue weighted by Gasteiger charge is 2.26. The predicted molar refractivity (Wildman–Crippen MR) is 271 cm³/mol. The maximum Gasteiger partial charge on any atom is 0.0618 e. The van der Waals surface area contributed by atoms with E-state index in [1.54, 1.807) is 0 Å². The lowest BCUT2D eigenvalue weighted by Crippen LogP contribution is -2.17. The van der Waals surface area contributed by atoms with Crippen LogP contribution in [0.1, 0.15) is 0 Å². The molecule has 0 atom stereocenters. The molecule has 0 bridgehead atoms. The molecule has 0 saturated carbocycles. The molecule has 10 aromatic carbocycles. The second-order valence-electron chi connectivity index (χ2n) is 15.5. The van der Waals surface area contributed by atoms with Crippen LogP contribution in [0.4, 0.5) is 62.6 Å². The summed E-state index contributed by atoms with van der Waals surface area (Å²) in [6.07, 6.45) is 0. The number of nitrogens with zero attached hydrogens (tertiary/aromatic N) is 3. The largest absolute Gasteiger partial charge is 0.355 e. The van der Waals surface area contributed by atoms with Crippen LogP contribution in [0, 0.1) is 0 Å². The van der Waals surface area contributed by atoms with Crippen molar-refractivity contribution in [3.05, 3.63) is 273 Å². The number of anilines is 11. The van der Waals surface area contributed by atoms with Crippen molar-refractivity contribution in [2.75, 3.05) is 20.0 Å². The van der Waals surface area contributed by atoms with Gasteiger partial charge in [0.15, 0.2) is 0 Å². The summed E-state index contributed by atoms with van der Waals surface area (Å²) in [5, 5.41) is 3.70. The van der Waals surface area contributed by atoms with Gasteiger partial charge < -0.3 is 20.0 Å². The van der Waals surface area contributed by atoms with Gasteiger partial charge in [-0.05, 0) is 108 Å². The van der Waals surface area contributed by atoms with Crippen LogP contribution in [-0.2, 0) is 0 Å². The average Bonchev–Trinajstić information content (AvgIpc) is 3.37. The van der Waals surface area contributed by atoms with Crippen LogP contribution in [0.3, 0.4) is 0 Å². The molecule has 0 aliphatic heterocycles. The highest BCUT2D eigenvalue weighted by atomic mass is 15.2. The lowest BCUT2D eigenvalue weighted by molar-refractivity contribution is 1.22. The Kier molecular flexibility index (Phi) is 11.5. The van der Waals surface area contributed by atoms with Gasteiger partial charge in [0.2, 0.25) is 0 Å². The maximum atomic E-state index is 3.70. The van der Waals surface area contributed by atoms with Crippen LogP contribution in [0.15, 0.2) is 273 Å². The Hall–Kier alpha value is -8.60. The molecule has 306 valence electrons. The molecule has 0 unspecified atom stereocenters. The molecule has 0 saturated heterocycles. The summed E-state index contributed by atoms with van der Waals surface area (Å²) in [4.78, 5) is 7.16. The molecular formula is C60H46N4. The van der Waals surface area contributed by atoms with E-state index in [1.807, 2.05) is 6.07 Å². The van der Waals surface area contributed by atoms with Gasteiger partial charge in [0.25, 0.3) is 0 Å². The third kappa shape index (κ3) is 8.49. The summed E-state index contributed by atoms with van der Waals surface area (Å²) in [6.45, 7) is 0. The van der Waals surface area contributed by atoms with Crippen molar-refractivity contribution < 1.29 is 0 Å². The van der Waals surface area contributed by atoms with Crippen molar-refractivity contribution in [1.82, 2.24) is 0 Å². The fraction of sp³-hybridized carbons (Fsp3) is 0. The van der Waals surface area contributed by atoms with Crippen molar-refractivity contribution in [2.45, 2.75) is 0 Å². The van der Waals surface area contributed by atoms with E-state index in [0.717, 1.165) is 84.8 Å². The van der Waals surface area contributed by atoms with Crippen molar-refractivity contribution in [3.63, 3.8) is 0 Å². The first-order valence-corrected chi connectivity index (χ1v) is 21.7. The minimum absolute atomic E-state index is 0.980. The third-order valence-electron chi connectivity index (χ3n) is 11.3. The van der Waals surface area contributed by atoms with Crippen LogP contribution >= 0.6 is 0 Å². The van der Waals surface area contributed by atoms with Gasteiger partial charge in [-0.1, -0.05) is 176 Å². The predicted octanol–water partition coefficient (Wildman–Crippen LogP) is 17.2. The molecule has 0 aromatic heterocycles. The SMILES string of the molecule is c1ccc(Nc2cccc(N(c3cc(N(c4ccccc4)c4ccccc4)cc(N(c4ccccc4)c4ccccc4)c3)c3c(-c4ccccc4)cccc3-c3ccccc3)c2)cc1. The molecule has 0 aliphatic rings. The molecule has 0 heterocycles. The van der Waals surface area contributed by atoms with Crippen LogP contribution in [0.25, 0.3) is 22.3 Å². The van der Waals surface area contributed by atoms with Crippen molar-refractivity contribution in [2.24, 2.45) is 0 Å². The molecule has 4 heteroatoms. The molecule has 64 heavy (non-hydrogen) atoms. The minimum Gasteiger partial charge on any atom is -0.355 e. The summed E-state index contributed by atoms with van der Waals surface area (Å²) >= 11 is 0. The zero-order valence-electron chi connectivity index (χ0n) is 35.3. The van der Waals surface area contributed by atoms with Gasteiger partial charge in [-0.15, -0.1) is 0 Å². The lowest BCUT2D eigenvalue weighted by Gasteiger charge is -2.34. The van der Waals surface area contributed by atoms with Crippen molar-refractivity contribution >= 4 is 62.6 Å². The van der Waals surface area contributed by atoms with Crippen molar-refractivity contribution in [1.29, 1.82) is 0 Å². The summed E-state index contributed by atoms with van der Waals surface area (Å²) in [7, 11) is 0. The third-order valence-corrected chi connectivity index (χ3v) is 11.3. The monoisotopic (exact) mass is 822 g/mol. The number of hydrogen-bond donors (Lipinski definition) is 1. The first kappa shape index (κ1) is 39.5. The Balaban J connectivity index is 1.31. The summed E-state index contributed by atoms with van der Waals surface area (Å²) < 4.78 is 0.